The highest BCUT2D eigenvalue weighted by molar-refractivity contribution is 7.91. The molecule has 5 heteroatoms. The molecule has 19 heavy (non-hydrogen) atoms. The Morgan fingerprint density at radius 3 is 2.63 bits per heavy atom. The van der Waals surface area contributed by atoms with Crippen LogP contribution in [-0.4, -0.2) is 31.9 Å². The Morgan fingerprint density at radius 2 is 2.00 bits per heavy atom. The van der Waals surface area contributed by atoms with Gasteiger partial charge in [0.2, 0.25) is 0 Å². The molecule has 3 nitrogen and oxygen atoms in total. The normalized spacial score (nSPS) is 10.9. The number of ether oxygens (including phenoxy) is 1. The minimum absolute atomic E-state index is 0.00192. The maximum atomic E-state index is 11.7. The van der Waals surface area contributed by atoms with E-state index in [1.807, 2.05) is 18.2 Å². The van der Waals surface area contributed by atoms with Gasteiger partial charge in [0.1, 0.15) is 12.4 Å². The van der Waals surface area contributed by atoms with Crippen LogP contribution in [0.2, 0.25) is 0 Å². The van der Waals surface area contributed by atoms with Crippen molar-refractivity contribution in [2.75, 3.05) is 18.2 Å². The van der Waals surface area contributed by atoms with Crippen molar-refractivity contribution < 1.29 is 13.2 Å². The first-order chi connectivity index (χ1) is 8.97. The van der Waals surface area contributed by atoms with Crippen molar-refractivity contribution in [3.63, 3.8) is 0 Å². The van der Waals surface area contributed by atoms with E-state index in [1.54, 1.807) is 19.9 Å². The first kappa shape index (κ1) is 15.9. The zero-order valence-electron chi connectivity index (χ0n) is 11.0. The van der Waals surface area contributed by atoms with E-state index in [1.165, 1.54) is 0 Å². The minimum atomic E-state index is -3.08. The molecule has 0 bridgehead atoms. The van der Waals surface area contributed by atoms with Crippen molar-refractivity contribution in [3.05, 3.63) is 29.8 Å². The predicted octanol–water partition coefficient (Wildman–Crippen LogP) is 2.48. The molecule has 0 unspecified atom stereocenters. The fourth-order valence-electron chi connectivity index (χ4n) is 1.33. The van der Waals surface area contributed by atoms with Gasteiger partial charge in [0, 0.05) is 0 Å². The first-order valence-electron chi connectivity index (χ1n) is 5.95. The van der Waals surface area contributed by atoms with E-state index in [2.05, 4.69) is 11.8 Å². The lowest BCUT2D eigenvalue weighted by atomic mass is 10.2. The van der Waals surface area contributed by atoms with E-state index < -0.39 is 9.84 Å². The van der Waals surface area contributed by atoms with Gasteiger partial charge in [-0.05, 0) is 26.0 Å². The van der Waals surface area contributed by atoms with Crippen LogP contribution in [0.25, 0.3) is 0 Å². The number of benzene rings is 1. The average molecular weight is 301 g/mol. The van der Waals surface area contributed by atoms with Crippen LogP contribution in [0.5, 0.6) is 5.75 Å². The molecular weight excluding hydrogens is 284 g/mol. The zero-order valence-corrected chi connectivity index (χ0v) is 12.6. The van der Waals surface area contributed by atoms with Gasteiger partial charge in [0.15, 0.2) is 9.84 Å². The maximum Gasteiger partial charge on any atom is 0.155 e. The molecule has 0 amide bonds. The van der Waals surface area contributed by atoms with E-state index in [-0.39, 0.29) is 23.5 Å². The summed E-state index contributed by atoms with van der Waals surface area (Å²) >= 11 is 5.51. The smallest absolute Gasteiger partial charge is 0.155 e. The molecule has 1 aromatic rings. The van der Waals surface area contributed by atoms with E-state index in [4.69, 9.17) is 16.3 Å². The van der Waals surface area contributed by atoms with Crippen molar-refractivity contribution in [1.82, 2.24) is 0 Å². The molecule has 0 fully saturated rings. The molecule has 0 saturated heterocycles. The molecule has 0 aliphatic rings. The Morgan fingerprint density at radius 1 is 1.32 bits per heavy atom. The van der Waals surface area contributed by atoms with Crippen LogP contribution in [0.4, 0.5) is 0 Å². The largest absolute Gasteiger partial charge is 0.491 e. The molecule has 0 aliphatic heterocycles. The molecule has 0 spiro atoms. The summed E-state index contributed by atoms with van der Waals surface area (Å²) in [4.78, 5) is 0. The van der Waals surface area contributed by atoms with Gasteiger partial charge in [-0.3, -0.25) is 0 Å². The van der Waals surface area contributed by atoms with Crippen LogP contribution in [0.15, 0.2) is 24.3 Å². The maximum absolute atomic E-state index is 11.7. The summed E-state index contributed by atoms with van der Waals surface area (Å²) in [5.41, 5.74) is 0.713. The number of halogens is 1. The van der Waals surface area contributed by atoms with E-state index in [0.29, 0.717) is 11.3 Å². The fourth-order valence-corrected chi connectivity index (χ4v) is 2.18. The molecule has 0 N–H and O–H groups in total. The number of alkyl halides is 1. The molecule has 1 rings (SSSR count). The highest BCUT2D eigenvalue weighted by Crippen LogP contribution is 2.16. The fraction of sp³-hybridized carbons (Fsp3) is 0.429. The zero-order chi connectivity index (χ0) is 14.3. The summed E-state index contributed by atoms with van der Waals surface area (Å²) in [5.74, 6) is 6.45. The van der Waals surface area contributed by atoms with Gasteiger partial charge in [0.05, 0.1) is 22.4 Å². The topological polar surface area (TPSA) is 43.4 Å². The molecule has 104 valence electrons. The quantitative estimate of drug-likeness (QED) is 0.620. The summed E-state index contributed by atoms with van der Waals surface area (Å²) in [6, 6.07) is 7.24. The lowest BCUT2D eigenvalue weighted by Crippen LogP contribution is -2.22. The van der Waals surface area contributed by atoms with E-state index in [9.17, 15) is 8.42 Å². The van der Waals surface area contributed by atoms with Crippen LogP contribution in [0.1, 0.15) is 19.4 Å². The third-order valence-electron chi connectivity index (χ3n) is 2.52. The Bertz CT molecular complexity index is 568. The Hall–Kier alpha value is -1.18. The van der Waals surface area contributed by atoms with E-state index in [0.717, 1.165) is 0 Å². The monoisotopic (exact) mass is 300 g/mol. The number of para-hydroxylation sites is 1. The lowest BCUT2D eigenvalue weighted by molar-refractivity contribution is 0.339. The number of hydrogen-bond acceptors (Lipinski definition) is 3. The van der Waals surface area contributed by atoms with Gasteiger partial charge in [-0.1, -0.05) is 24.0 Å². The second-order valence-electron chi connectivity index (χ2n) is 4.20. The molecule has 0 aliphatic carbocycles. The highest BCUT2D eigenvalue weighted by atomic mass is 35.5. The van der Waals surface area contributed by atoms with Gasteiger partial charge < -0.3 is 4.74 Å². The second-order valence-corrected chi connectivity index (χ2v) is 7.14. The van der Waals surface area contributed by atoms with Crippen molar-refractivity contribution in [3.8, 4) is 17.6 Å². The van der Waals surface area contributed by atoms with Crippen molar-refractivity contribution in [2.45, 2.75) is 19.1 Å². The SMILES string of the molecule is CC(C)S(=O)(=O)CCOc1ccccc1C#CCCl. The Labute approximate surface area is 119 Å². The average Bonchev–Trinajstić information content (AvgIpc) is 2.37. The van der Waals surface area contributed by atoms with Crippen LogP contribution in [0, 0.1) is 11.8 Å². The van der Waals surface area contributed by atoms with E-state index >= 15 is 0 Å². The molecule has 0 aromatic heterocycles. The second kappa shape index (κ2) is 7.42. The van der Waals surface area contributed by atoms with Crippen LogP contribution < -0.4 is 4.74 Å². The molecule has 0 heterocycles. The predicted molar refractivity (Wildman–Crippen MR) is 78.5 cm³/mol. The summed E-state index contributed by atoms with van der Waals surface area (Å²) < 4.78 is 28.8. The van der Waals surface area contributed by atoms with Crippen molar-refractivity contribution in [2.24, 2.45) is 0 Å². The molecule has 0 atom stereocenters. The first-order valence-corrected chi connectivity index (χ1v) is 8.20. The number of rotatable bonds is 5. The lowest BCUT2D eigenvalue weighted by Gasteiger charge is -2.10. The summed E-state index contributed by atoms with van der Waals surface area (Å²) in [7, 11) is -3.08. The molecular formula is C14H17ClO3S. The Balaban J connectivity index is 2.69. The van der Waals surface area contributed by atoms with Gasteiger partial charge in [-0.15, -0.1) is 11.6 Å². The summed E-state index contributed by atoms with van der Waals surface area (Å²) in [6.45, 7) is 3.45. The van der Waals surface area contributed by atoms with Gasteiger partial charge >= 0.3 is 0 Å². The van der Waals surface area contributed by atoms with Crippen LogP contribution in [0.3, 0.4) is 0 Å². The summed E-state index contributed by atoms with van der Waals surface area (Å²) in [5, 5.41) is -0.387. The van der Waals surface area contributed by atoms with Crippen LogP contribution in [-0.2, 0) is 9.84 Å². The van der Waals surface area contributed by atoms with Crippen molar-refractivity contribution >= 4 is 21.4 Å². The van der Waals surface area contributed by atoms with Gasteiger partial charge in [0.25, 0.3) is 0 Å². The Kier molecular flexibility index (Phi) is 6.20. The summed E-state index contributed by atoms with van der Waals surface area (Å²) in [6.07, 6.45) is 0. The molecule has 0 radical (unpaired) electrons. The van der Waals surface area contributed by atoms with Gasteiger partial charge in [-0.2, -0.15) is 0 Å². The number of hydrogen-bond donors (Lipinski definition) is 0. The number of sulfone groups is 1. The molecule has 1 aromatic carbocycles. The standard InChI is InChI=1S/C14H17ClO3S/c1-12(2)19(16,17)11-10-18-14-8-4-3-6-13(14)7-5-9-15/h3-4,6,8,12H,9-11H2,1-2H3. The highest BCUT2D eigenvalue weighted by Gasteiger charge is 2.16. The molecule has 0 saturated carbocycles. The third kappa shape index (κ3) is 5.14. The third-order valence-corrected chi connectivity index (χ3v) is 4.83. The van der Waals surface area contributed by atoms with Crippen LogP contribution >= 0.6 is 11.6 Å². The van der Waals surface area contributed by atoms with Gasteiger partial charge in [-0.25, -0.2) is 8.42 Å². The minimum Gasteiger partial charge on any atom is -0.491 e. The van der Waals surface area contributed by atoms with Crippen molar-refractivity contribution in [1.29, 1.82) is 0 Å².